The normalized spacial score (nSPS) is 23.9. The number of sulfonamides is 1. The summed E-state index contributed by atoms with van der Waals surface area (Å²) < 4.78 is 26.7. The lowest BCUT2D eigenvalue weighted by Gasteiger charge is -2.25. The second-order valence-electron chi connectivity index (χ2n) is 4.89. The number of thioether (sulfide) groups is 1. The van der Waals surface area contributed by atoms with E-state index in [2.05, 4.69) is 0 Å². The molecule has 1 aromatic carbocycles. The van der Waals surface area contributed by atoms with Crippen molar-refractivity contribution in [3.05, 3.63) is 29.3 Å². The molecule has 0 saturated carbocycles. The molecule has 20 heavy (non-hydrogen) atoms. The molecular formula is C13H17NO4S2. The lowest BCUT2D eigenvalue weighted by atomic mass is 10.2. The molecule has 0 spiro atoms. The number of carboxylic acids is 1. The highest BCUT2D eigenvalue weighted by molar-refractivity contribution is 8.01. The molecule has 1 aliphatic heterocycles. The molecule has 2 unspecified atom stereocenters. The summed E-state index contributed by atoms with van der Waals surface area (Å²) in [6, 6.07) is 4.18. The van der Waals surface area contributed by atoms with Crippen LogP contribution in [0.5, 0.6) is 0 Å². The molecule has 1 saturated heterocycles. The van der Waals surface area contributed by atoms with Crippen molar-refractivity contribution >= 4 is 27.8 Å². The quantitative estimate of drug-likeness (QED) is 0.921. The third-order valence-electron chi connectivity index (χ3n) is 3.35. The van der Waals surface area contributed by atoms with E-state index in [0.29, 0.717) is 5.56 Å². The summed E-state index contributed by atoms with van der Waals surface area (Å²) in [6.45, 7) is 5.25. The van der Waals surface area contributed by atoms with Crippen LogP contribution in [0.2, 0.25) is 0 Å². The van der Waals surface area contributed by atoms with Gasteiger partial charge in [0.2, 0.25) is 10.0 Å². The van der Waals surface area contributed by atoms with Gasteiger partial charge in [-0.05, 0) is 38.0 Å². The van der Waals surface area contributed by atoms with Crippen LogP contribution >= 0.6 is 11.8 Å². The molecule has 1 heterocycles. The SMILES string of the molecule is Cc1ccc(C)c(S(=O)(=O)N2C(C)SCC2C(=O)O)c1. The molecule has 110 valence electrons. The first-order chi connectivity index (χ1) is 9.25. The Morgan fingerprint density at radius 1 is 1.40 bits per heavy atom. The van der Waals surface area contributed by atoms with Crippen LogP contribution in [0.3, 0.4) is 0 Å². The van der Waals surface area contributed by atoms with Crippen LogP contribution in [0.4, 0.5) is 0 Å². The maximum Gasteiger partial charge on any atom is 0.322 e. The number of carbonyl (C=O) groups is 1. The van der Waals surface area contributed by atoms with E-state index in [1.165, 1.54) is 11.8 Å². The highest BCUT2D eigenvalue weighted by Crippen LogP contribution is 2.35. The summed E-state index contributed by atoms with van der Waals surface area (Å²) in [5.41, 5.74) is 1.46. The summed E-state index contributed by atoms with van der Waals surface area (Å²) in [5, 5.41) is 8.84. The first-order valence-corrected chi connectivity index (χ1v) is 8.69. The fourth-order valence-corrected chi connectivity index (χ4v) is 5.87. The smallest absolute Gasteiger partial charge is 0.322 e. The summed E-state index contributed by atoms with van der Waals surface area (Å²) in [4.78, 5) is 11.5. The number of hydrogen-bond donors (Lipinski definition) is 1. The molecule has 1 fully saturated rings. The van der Waals surface area contributed by atoms with E-state index in [4.69, 9.17) is 0 Å². The number of carboxylic acid groups (broad SMARTS) is 1. The van der Waals surface area contributed by atoms with E-state index in [-0.39, 0.29) is 16.0 Å². The van der Waals surface area contributed by atoms with Crippen molar-refractivity contribution in [2.45, 2.75) is 37.1 Å². The Balaban J connectivity index is 2.53. The van der Waals surface area contributed by atoms with E-state index >= 15 is 0 Å². The van der Waals surface area contributed by atoms with Crippen molar-refractivity contribution < 1.29 is 18.3 Å². The topological polar surface area (TPSA) is 74.7 Å². The van der Waals surface area contributed by atoms with Crippen molar-refractivity contribution in [2.24, 2.45) is 0 Å². The van der Waals surface area contributed by atoms with Gasteiger partial charge in [0.25, 0.3) is 0 Å². The molecule has 0 aliphatic carbocycles. The van der Waals surface area contributed by atoms with Crippen molar-refractivity contribution in [3.8, 4) is 0 Å². The van der Waals surface area contributed by atoms with Crippen LogP contribution in [0, 0.1) is 13.8 Å². The Hall–Kier alpha value is -1.05. The largest absolute Gasteiger partial charge is 0.480 e. The van der Waals surface area contributed by atoms with Gasteiger partial charge in [0, 0.05) is 5.75 Å². The Morgan fingerprint density at radius 2 is 2.05 bits per heavy atom. The fraction of sp³-hybridized carbons (Fsp3) is 0.462. The molecule has 1 aliphatic rings. The molecule has 2 rings (SSSR count). The van der Waals surface area contributed by atoms with E-state index < -0.39 is 22.0 Å². The Morgan fingerprint density at radius 3 is 2.65 bits per heavy atom. The Labute approximate surface area is 123 Å². The van der Waals surface area contributed by atoms with Crippen LogP contribution in [-0.2, 0) is 14.8 Å². The Bertz CT molecular complexity index is 642. The van der Waals surface area contributed by atoms with Crippen molar-refractivity contribution in [2.75, 3.05) is 5.75 Å². The van der Waals surface area contributed by atoms with Gasteiger partial charge in [0.1, 0.15) is 6.04 Å². The molecule has 0 radical (unpaired) electrons. The van der Waals surface area contributed by atoms with Crippen molar-refractivity contribution in [1.82, 2.24) is 4.31 Å². The zero-order valence-electron chi connectivity index (χ0n) is 11.5. The minimum atomic E-state index is -3.80. The molecule has 1 N–H and O–H groups in total. The molecule has 0 amide bonds. The minimum Gasteiger partial charge on any atom is -0.480 e. The van der Waals surface area contributed by atoms with Crippen LogP contribution < -0.4 is 0 Å². The van der Waals surface area contributed by atoms with Gasteiger partial charge in [-0.1, -0.05) is 12.1 Å². The van der Waals surface area contributed by atoms with Gasteiger partial charge < -0.3 is 5.11 Å². The summed E-state index contributed by atoms with van der Waals surface area (Å²) >= 11 is 1.34. The average Bonchev–Trinajstić information content (AvgIpc) is 2.75. The van der Waals surface area contributed by atoms with Gasteiger partial charge in [0.15, 0.2) is 0 Å². The van der Waals surface area contributed by atoms with Crippen LogP contribution in [0.1, 0.15) is 18.1 Å². The molecule has 7 heteroatoms. The van der Waals surface area contributed by atoms with Crippen molar-refractivity contribution in [3.63, 3.8) is 0 Å². The lowest BCUT2D eigenvalue weighted by molar-refractivity contribution is -0.140. The number of hydrogen-bond acceptors (Lipinski definition) is 4. The standard InChI is InChI=1S/C13H17NO4S2/c1-8-4-5-9(2)12(6-8)20(17,18)14-10(3)19-7-11(14)13(15)16/h4-6,10-11H,7H2,1-3H3,(H,15,16). The number of aliphatic carboxylic acids is 1. The van der Waals surface area contributed by atoms with Crippen molar-refractivity contribution in [1.29, 1.82) is 0 Å². The van der Waals surface area contributed by atoms with E-state index in [0.717, 1.165) is 9.87 Å². The molecule has 1 aromatic rings. The first-order valence-electron chi connectivity index (χ1n) is 6.20. The van der Waals surface area contributed by atoms with Gasteiger partial charge >= 0.3 is 5.97 Å². The number of aryl methyl sites for hydroxylation is 2. The predicted molar refractivity (Wildman–Crippen MR) is 78.3 cm³/mol. The fourth-order valence-electron chi connectivity index (χ4n) is 2.27. The maximum absolute atomic E-state index is 12.8. The van der Waals surface area contributed by atoms with Gasteiger partial charge in [-0.25, -0.2) is 8.42 Å². The summed E-state index contributed by atoms with van der Waals surface area (Å²) in [5.74, 6) is -0.823. The summed E-state index contributed by atoms with van der Waals surface area (Å²) in [6.07, 6.45) is 0. The highest BCUT2D eigenvalue weighted by atomic mass is 32.2. The van der Waals surface area contributed by atoms with Crippen LogP contribution in [0.25, 0.3) is 0 Å². The molecular weight excluding hydrogens is 298 g/mol. The zero-order chi connectivity index (χ0) is 15.1. The van der Waals surface area contributed by atoms with E-state index in [1.54, 1.807) is 26.0 Å². The van der Waals surface area contributed by atoms with Gasteiger partial charge in [-0.3, -0.25) is 4.79 Å². The van der Waals surface area contributed by atoms with Gasteiger partial charge in [-0.15, -0.1) is 11.8 Å². The minimum absolute atomic E-state index is 0.193. The Kier molecular flexibility index (Phi) is 4.13. The third-order valence-corrected chi connectivity index (χ3v) is 6.82. The average molecular weight is 315 g/mol. The van der Waals surface area contributed by atoms with Gasteiger partial charge in [-0.2, -0.15) is 4.31 Å². The monoisotopic (exact) mass is 315 g/mol. The van der Waals surface area contributed by atoms with Crippen LogP contribution in [0.15, 0.2) is 23.1 Å². The highest BCUT2D eigenvalue weighted by Gasteiger charge is 2.44. The molecule has 0 bridgehead atoms. The lowest BCUT2D eigenvalue weighted by Crippen LogP contribution is -2.44. The number of nitrogens with zero attached hydrogens (tertiary/aromatic N) is 1. The van der Waals surface area contributed by atoms with E-state index in [1.807, 2.05) is 13.0 Å². The summed E-state index contributed by atoms with van der Waals surface area (Å²) in [7, 11) is -3.80. The van der Waals surface area contributed by atoms with E-state index in [9.17, 15) is 18.3 Å². The number of benzene rings is 1. The molecule has 0 aromatic heterocycles. The first kappa shape index (κ1) is 15.3. The number of rotatable bonds is 3. The van der Waals surface area contributed by atoms with Crippen LogP contribution in [-0.4, -0.2) is 41.0 Å². The third kappa shape index (κ3) is 2.57. The molecule has 5 nitrogen and oxygen atoms in total. The zero-order valence-corrected chi connectivity index (χ0v) is 13.2. The maximum atomic E-state index is 12.8. The second-order valence-corrected chi connectivity index (χ2v) is 8.05. The van der Waals surface area contributed by atoms with Gasteiger partial charge in [0.05, 0.1) is 10.3 Å². The second kappa shape index (κ2) is 5.38. The molecule has 2 atom stereocenters. The predicted octanol–water partition coefficient (Wildman–Crippen LogP) is 1.84.